The molecule has 4 nitrogen and oxygen atoms in total. The SMILES string of the molecule is CCNC1C(OCCOCCOC)CCCC1(C)C. The molecule has 1 rings (SSSR count). The maximum Gasteiger partial charge on any atom is 0.0734 e. The van der Waals surface area contributed by atoms with Gasteiger partial charge in [0.05, 0.1) is 32.5 Å². The standard InChI is InChI=1S/C15H31NO3/c1-5-16-14-13(7-6-8-15(14,2)3)19-12-11-18-10-9-17-4/h13-14,16H,5-12H2,1-4H3. The Kier molecular flexibility index (Phi) is 7.91. The van der Waals surface area contributed by atoms with Crippen LogP contribution in [-0.4, -0.2) is 52.2 Å². The number of hydrogen-bond donors (Lipinski definition) is 1. The van der Waals surface area contributed by atoms with Gasteiger partial charge >= 0.3 is 0 Å². The third-order valence-corrected chi connectivity index (χ3v) is 3.94. The van der Waals surface area contributed by atoms with E-state index in [0.717, 1.165) is 13.0 Å². The van der Waals surface area contributed by atoms with Crippen LogP contribution in [0.5, 0.6) is 0 Å². The van der Waals surface area contributed by atoms with Crippen LogP contribution in [0, 0.1) is 5.41 Å². The molecule has 19 heavy (non-hydrogen) atoms. The first-order chi connectivity index (χ1) is 9.11. The normalized spacial score (nSPS) is 26.5. The van der Waals surface area contributed by atoms with E-state index in [0.29, 0.717) is 44.0 Å². The van der Waals surface area contributed by atoms with Gasteiger partial charge in [-0.2, -0.15) is 0 Å². The minimum Gasteiger partial charge on any atom is -0.382 e. The Morgan fingerprint density at radius 2 is 1.89 bits per heavy atom. The highest BCUT2D eigenvalue weighted by Gasteiger charge is 2.38. The predicted molar refractivity (Wildman–Crippen MR) is 77.5 cm³/mol. The van der Waals surface area contributed by atoms with E-state index >= 15 is 0 Å². The van der Waals surface area contributed by atoms with Gasteiger partial charge in [-0.05, 0) is 24.8 Å². The van der Waals surface area contributed by atoms with Crippen molar-refractivity contribution in [2.75, 3.05) is 40.1 Å². The van der Waals surface area contributed by atoms with Gasteiger partial charge in [-0.15, -0.1) is 0 Å². The molecule has 0 heterocycles. The van der Waals surface area contributed by atoms with Gasteiger partial charge in [0.25, 0.3) is 0 Å². The van der Waals surface area contributed by atoms with Crippen LogP contribution in [0.2, 0.25) is 0 Å². The molecule has 2 unspecified atom stereocenters. The van der Waals surface area contributed by atoms with Crippen LogP contribution in [0.15, 0.2) is 0 Å². The quantitative estimate of drug-likeness (QED) is 0.654. The van der Waals surface area contributed by atoms with Gasteiger partial charge in [-0.1, -0.05) is 27.2 Å². The number of rotatable bonds is 9. The van der Waals surface area contributed by atoms with E-state index < -0.39 is 0 Å². The van der Waals surface area contributed by atoms with Crippen molar-refractivity contribution in [2.24, 2.45) is 5.41 Å². The molecule has 1 saturated carbocycles. The summed E-state index contributed by atoms with van der Waals surface area (Å²) in [5, 5.41) is 3.60. The van der Waals surface area contributed by atoms with Crippen molar-refractivity contribution in [3.8, 4) is 0 Å². The van der Waals surface area contributed by atoms with Gasteiger partial charge in [0.1, 0.15) is 0 Å². The van der Waals surface area contributed by atoms with Gasteiger partial charge in [-0.3, -0.25) is 0 Å². The second-order valence-corrected chi connectivity index (χ2v) is 5.93. The van der Waals surface area contributed by atoms with Crippen LogP contribution < -0.4 is 5.32 Å². The monoisotopic (exact) mass is 273 g/mol. The zero-order valence-electron chi connectivity index (χ0n) is 13.0. The molecular formula is C15H31NO3. The number of hydrogen-bond acceptors (Lipinski definition) is 4. The molecule has 1 N–H and O–H groups in total. The highest BCUT2D eigenvalue weighted by atomic mass is 16.5. The van der Waals surface area contributed by atoms with Crippen LogP contribution >= 0.6 is 0 Å². The summed E-state index contributed by atoms with van der Waals surface area (Å²) in [6.45, 7) is 10.5. The zero-order chi connectivity index (χ0) is 14.1. The molecule has 114 valence electrons. The molecule has 4 heteroatoms. The highest BCUT2D eigenvalue weighted by Crippen LogP contribution is 2.36. The average molecular weight is 273 g/mol. The number of methoxy groups -OCH3 is 1. The van der Waals surface area contributed by atoms with Gasteiger partial charge in [0.15, 0.2) is 0 Å². The van der Waals surface area contributed by atoms with Crippen molar-refractivity contribution in [2.45, 2.75) is 52.2 Å². The van der Waals surface area contributed by atoms with Crippen molar-refractivity contribution in [1.29, 1.82) is 0 Å². The number of ether oxygens (including phenoxy) is 3. The van der Waals surface area contributed by atoms with Gasteiger partial charge in [0, 0.05) is 13.2 Å². The van der Waals surface area contributed by atoms with Crippen LogP contribution in [0.25, 0.3) is 0 Å². The van der Waals surface area contributed by atoms with Crippen molar-refractivity contribution < 1.29 is 14.2 Å². The van der Waals surface area contributed by atoms with E-state index in [-0.39, 0.29) is 0 Å². The van der Waals surface area contributed by atoms with Crippen LogP contribution in [0.1, 0.15) is 40.0 Å². The van der Waals surface area contributed by atoms with Crippen LogP contribution in [-0.2, 0) is 14.2 Å². The van der Waals surface area contributed by atoms with Crippen molar-refractivity contribution in [3.63, 3.8) is 0 Å². The zero-order valence-corrected chi connectivity index (χ0v) is 13.0. The van der Waals surface area contributed by atoms with E-state index in [9.17, 15) is 0 Å². The molecule has 0 aliphatic heterocycles. The maximum absolute atomic E-state index is 6.04. The van der Waals surface area contributed by atoms with Crippen LogP contribution in [0.3, 0.4) is 0 Å². The fourth-order valence-corrected chi connectivity index (χ4v) is 2.89. The molecule has 0 amide bonds. The largest absolute Gasteiger partial charge is 0.382 e. The Morgan fingerprint density at radius 3 is 2.58 bits per heavy atom. The summed E-state index contributed by atoms with van der Waals surface area (Å²) in [4.78, 5) is 0. The summed E-state index contributed by atoms with van der Waals surface area (Å²) in [5.41, 5.74) is 0.315. The Balaban J connectivity index is 2.29. The molecule has 0 saturated heterocycles. The van der Waals surface area contributed by atoms with E-state index in [1.54, 1.807) is 7.11 Å². The summed E-state index contributed by atoms with van der Waals surface area (Å²) in [7, 11) is 1.69. The Morgan fingerprint density at radius 1 is 1.16 bits per heavy atom. The lowest BCUT2D eigenvalue weighted by Gasteiger charge is -2.44. The van der Waals surface area contributed by atoms with E-state index in [2.05, 4.69) is 26.1 Å². The molecule has 0 radical (unpaired) electrons. The lowest BCUT2D eigenvalue weighted by Crippen LogP contribution is -2.53. The van der Waals surface area contributed by atoms with Gasteiger partial charge in [-0.25, -0.2) is 0 Å². The van der Waals surface area contributed by atoms with Gasteiger partial charge in [0.2, 0.25) is 0 Å². The van der Waals surface area contributed by atoms with Gasteiger partial charge < -0.3 is 19.5 Å². The molecule has 0 aromatic heterocycles. The highest BCUT2D eigenvalue weighted by molar-refractivity contribution is 4.94. The second-order valence-electron chi connectivity index (χ2n) is 5.93. The Labute approximate surface area is 118 Å². The molecule has 0 aromatic carbocycles. The summed E-state index contributed by atoms with van der Waals surface area (Å²) in [6, 6.07) is 0.449. The smallest absolute Gasteiger partial charge is 0.0734 e. The van der Waals surface area contributed by atoms with Crippen molar-refractivity contribution >= 4 is 0 Å². The molecule has 1 fully saturated rings. The lowest BCUT2D eigenvalue weighted by molar-refractivity contribution is -0.0585. The first kappa shape index (κ1) is 16.9. The number of nitrogens with one attached hydrogen (secondary N) is 1. The van der Waals surface area contributed by atoms with Crippen LogP contribution in [0.4, 0.5) is 0 Å². The predicted octanol–water partition coefficient (Wildman–Crippen LogP) is 2.22. The average Bonchev–Trinajstić information content (AvgIpc) is 2.37. The summed E-state index contributed by atoms with van der Waals surface area (Å²) in [5.74, 6) is 0. The second kappa shape index (κ2) is 8.90. The summed E-state index contributed by atoms with van der Waals surface area (Å²) in [6.07, 6.45) is 3.99. The molecule has 1 aliphatic carbocycles. The first-order valence-electron chi connectivity index (χ1n) is 7.53. The molecular weight excluding hydrogens is 242 g/mol. The molecule has 2 atom stereocenters. The molecule has 1 aliphatic rings. The minimum atomic E-state index is 0.315. The summed E-state index contributed by atoms with van der Waals surface area (Å²) >= 11 is 0. The molecule has 0 bridgehead atoms. The van der Waals surface area contributed by atoms with Crippen molar-refractivity contribution in [3.05, 3.63) is 0 Å². The molecule has 0 aromatic rings. The number of likely N-dealkylation sites (N-methyl/N-ethyl adjacent to an activating group) is 1. The Hall–Kier alpha value is -0.160. The maximum atomic E-state index is 6.04. The van der Waals surface area contributed by atoms with Crippen molar-refractivity contribution in [1.82, 2.24) is 5.32 Å². The third-order valence-electron chi connectivity index (χ3n) is 3.94. The fraction of sp³-hybridized carbons (Fsp3) is 1.00. The summed E-state index contributed by atoms with van der Waals surface area (Å²) < 4.78 is 16.4. The molecule has 0 spiro atoms. The topological polar surface area (TPSA) is 39.7 Å². The first-order valence-corrected chi connectivity index (χ1v) is 7.53. The third kappa shape index (κ3) is 5.78. The van der Waals surface area contributed by atoms with E-state index in [1.165, 1.54) is 12.8 Å². The van der Waals surface area contributed by atoms with E-state index in [1.807, 2.05) is 0 Å². The fourth-order valence-electron chi connectivity index (χ4n) is 2.89. The lowest BCUT2D eigenvalue weighted by atomic mass is 9.71. The van der Waals surface area contributed by atoms with E-state index in [4.69, 9.17) is 14.2 Å². The minimum absolute atomic E-state index is 0.315. The Bertz CT molecular complexity index is 233.